The number of imide groups is 1. The molecule has 0 radical (unpaired) electrons. The third-order valence-corrected chi connectivity index (χ3v) is 6.22. The van der Waals surface area contributed by atoms with E-state index in [4.69, 9.17) is 39.2 Å². The van der Waals surface area contributed by atoms with Crippen molar-refractivity contribution in [3.8, 4) is 11.3 Å². The summed E-state index contributed by atoms with van der Waals surface area (Å²) >= 11 is 19.0. The van der Waals surface area contributed by atoms with Gasteiger partial charge in [0, 0.05) is 16.7 Å². The number of halogens is 3. The van der Waals surface area contributed by atoms with Crippen molar-refractivity contribution in [2.45, 2.75) is 6.54 Å². The molecule has 0 aliphatic carbocycles. The number of nitrogens with zero attached hydrogens (tertiary/aromatic N) is 1. The van der Waals surface area contributed by atoms with Crippen LogP contribution >= 0.6 is 46.6 Å². The first kappa shape index (κ1) is 20.1. The minimum absolute atomic E-state index is 0.181. The number of benzene rings is 2. The molecule has 146 valence electrons. The van der Waals surface area contributed by atoms with Crippen LogP contribution in [0, 0.1) is 0 Å². The molecule has 4 rings (SSSR count). The fraction of sp³-hybridized carbons (Fsp3) is 0.0476. The van der Waals surface area contributed by atoms with Crippen LogP contribution in [-0.4, -0.2) is 16.0 Å². The normalized spacial score (nSPS) is 15.6. The summed E-state index contributed by atoms with van der Waals surface area (Å²) in [6, 6.07) is 15.7. The van der Waals surface area contributed by atoms with Gasteiger partial charge in [-0.15, -0.1) is 0 Å². The molecule has 1 saturated heterocycles. The molecule has 8 heteroatoms. The molecule has 2 heterocycles. The summed E-state index contributed by atoms with van der Waals surface area (Å²) in [7, 11) is 0. The molecule has 29 heavy (non-hydrogen) atoms. The zero-order chi connectivity index (χ0) is 20.5. The molecule has 1 fully saturated rings. The van der Waals surface area contributed by atoms with Gasteiger partial charge in [-0.05, 0) is 53.7 Å². The van der Waals surface area contributed by atoms with E-state index in [1.165, 1.54) is 4.90 Å². The van der Waals surface area contributed by atoms with Crippen LogP contribution in [0.5, 0.6) is 0 Å². The largest absolute Gasteiger partial charge is 0.457 e. The smallest absolute Gasteiger partial charge is 0.293 e. The number of amides is 2. The summed E-state index contributed by atoms with van der Waals surface area (Å²) in [5, 5.41) is 1.07. The van der Waals surface area contributed by atoms with Crippen LogP contribution in [0.2, 0.25) is 15.1 Å². The first-order valence-electron chi connectivity index (χ1n) is 8.46. The zero-order valence-electron chi connectivity index (χ0n) is 14.7. The van der Waals surface area contributed by atoms with Crippen LogP contribution in [0.3, 0.4) is 0 Å². The average molecular weight is 465 g/mol. The van der Waals surface area contributed by atoms with E-state index in [-0.39, 0.29) is 17.7 Å². The third-order valence-electron chi connectivity index (χ3n) is 4.24. The highest BCUT2D eigenvalue weighted by Crippen LogP contribution is 2.37. The lowest BCUT2D eigenvalue weighted by atomic mass is 10.2. The highest BCUT2D eigenvalue weighted by Gasteiger charge is 2.35. The fourth-order valence-corrected chi connectivity index (χ4v) is 4.15. The Morgan fingerprint density at radius 3 is 2.48 bits per heavy atom. The number of rotatable bonds is 4. The molecule has 0 bridgehead atoms. The molecular formula is C21H12Cl3NO3S. The summed E-state index contributed by atoms with van der Waals surface area (Å²) in [4.78, 5) is 26.5. The SMILES string of the molecule is O=C1S/C(=C\c2ccc(-c3cccc(Cl)c3Cl)o2)C(=O)N1Cc1ccc(Cl)cc1. The van der Waals surface area contributed by atoms with Gasteiger partial charge in [-0.3, -0.25) is 14.5 Å². The number of carbonyl (C=O) groups excluding carboxylic acids is 2. The lowest BCUT2D eigenvalue weighted by Gasteiger charge is -2.12. The second-order valence-electron chi connectivity index (χ2n) is 6.20. The average Bonchev–Trinajstić information content (AvgIpc) is 3.26. The molecule has 1 aliphatic heterocycles. The zero-order valence-corrected chi connectivity index (χ0v) is 17.8. The Morgan fingerprint density at radius 2 is 1.72 bits per heavy atom. The quantitative estimate of drug-likeness (QED) is 0.385. The van der Waals surface area contributed by atoms with E-state index in [2.05, 4.69) is 0 Å². The minimum Gasteiger partial charge on any atom is -0.457 e. The Hall–Kier alpha value is -2.18. The van der Waals surface area contributed by atoms with Gasteiger partial charge >= 0.3 is 0 Å². The van der Waals surface area contributed by atoms with Crippen LogP contribution < -0.4 is 0 Å². The molecule has 0 saturated carbocycles. The summed E-state index contributed by atoms with van der Waals surface area (Å²) in [5.74, 6) is 0.589. The molecule has 0 spiro atoms. The van der Waals surface area contributed by atoms with Gasteiger partial charge in [0.05, 0.1) is 21.5 Å². The highest BCUT2D eigenvalue weighted by molar-refractivity contribution is 8.18. The Morgan fingerprint density at radius 1 is 0.966 bits per heavy atom. The molecule has 1 aliphatic rings. The van der Waals surface area contributed by atoms with Crippen molar-refractivity contribution in [3.63, 3.8) is 0 Å². The van der Waals surface area contributed by atoms with Gasteiger partial charge in [0.15, 0.2) is 0 Å². The van der Waals surface area contributed by atoms with Crippen LogP contribution in [0.1, 0.15) is 11.3 Å². The van der Waals surface area contributed by atoms with Crippen molar-refractivity contribution in [2.75, 3.05) is 0 Å². The van der Waals surface area contributed by atoms with Crippen molar-refractivity contribution < 1.29 is 14.0 Å². The van der Waals surface area contributed by atoms with E-state index >= 15 is 0 Å². The van der Waals surface area contributed by atoms with Crippen LogP contribution in [0.25, 0.3) is 17.4 Å². The Kier molecular flexibility index (Phi) is 5.74. The monoisotopic (exact) mass is 463 g/mol. The van der Waals surface area contributed by atoms with Gasteiger partial charge in [0.2, 0.25) is 0 Å². The Labute approximate surface area is 186 Å². The topological polar surface area (TPSA) is 50.5 Å². The third kappa shape index (κ3) is 4.23. The van der Waals surface area contributed by atoms with Crippen LogP contribution in [0.4, 0.5) is 4.79 Å². The highest BCUT2D eigenvalue weighted by atomic mass is 35.5. The number of carbonyl (C=O) groups is 2. The van der Waals surface area contributed by atoms with Crippen molar-refractivity contribution in [1.29, 1.82) is 0 Å². The van der Waals surface area contributed by atoms with Gasteiger partial charge in [0.25, 0.3) is 11.1 Å². The first-order chi connectivity index (χ1) is 13.9. The molecule has 0 unspecified atom stereocenters. The predicted molar refractivity (Wildman–Crippen MR) is 117 cm³/mol. The standard InChI is InChI=1S/C21H12Cl3NO3S/c22-13-6-4-12(5-7-13)11-25-20(26)18(29-21(25)27)10-14-8-9-17(28-14)15-2-1-3-16(23)19(15)24/h1-10H,11H2/b18-10-. The summed E-state index contributed by atoms with van der Waals surface area (Å²) < 4.78 is 5.79. The second-order valence-corrected chi connectivity index (χ2v) is 8.41. The van der Waals surface area contributed by atoms with Gasteiger partial charge in [-0.2, -0.15) is 0 Å². The maximum Gasteiger partial charge on any atom is 0.293 e. The lowest BCUT2D eigenvalue weighted by Crippen LogP contribution is -2.27. The molecule has 3 aromatic rings. The van der Waals surface area contributed by atoms with Gasteiger partial charge in [-0.1, -0.05) is 53.0 Å². The maximum atomic E-state index is 12.7. The van der Waals surface area contributed by atoms with E-state index in [1.54, 1.807) is 60.7 Å². The van der Waals surface area contributed by atoms with Gasteiger partial charge in [-0.25, -0.2) is 0 Å². The molecule has 2 amide bonds. The van der Waals surface area contributed by atoms with Crippen molar-refractivity contribution >= 4 is 63.8 Å². The summed E-state index contributed by atoms with van der Waals surface area (Å²) in [6.45, 7) is 0.181. The van der Waals surface area contributed by atoms with Crippen molar-refractivity contribution in [2.24, 2.45) is 0 Å². The summed E-state index contributed by atoms with van der Waals surface area (Å²) in [6.07, 6.45) is 1.55. The van der Waals surface area contributed by atoms with Gasteiger partial charge < -0.3 is 4.42 Å². The minimum atomic E-state index is -0.367. The Bertz CT molecular complexity index is 1140. The van der Waals surface area contributed by atoms with E-state index in [1.807, 2.05) is 0 Å². The van der Waals surface area contributed by atoms with Crippen molar-refractivity contribution in [1.82, 2.24) is 4.90 Å². The molecule has 1 aromatic heterocycles. The van der Waals surface area contributed by atoms with E-state index in [9.17, 15) is 9.59 Å². The maximum absolute atomic E-state index is 12.7. The molecular weight excluding hydrogens is 453 g/mol. The molecule has 4 nitrogen and oxygen atoms in total. The van der Waals surface area contributed by atoms with E-state index in [0.717, 1.165) is 17.3 Å². The first-order valence-corrected chi connectivity index (χ1v) is 10.4. The fourth-order valence-electron chi connectivity index (χ4n) is 2.81. The second kappa shape index (κ2) is 8.28. The summed E-state index contributed by atoms with van der Waals surface area (Å²) in [5.41, 5.74) is 1.46. The van der Waals surface area contributed by atoms with E-state index < -0.39 is 0 Å². The Balaban J connectivity index is 1.55. The van der Waals surface area contributed by atoms with Crippen molar-refractivity contribution in [3.05, 3.63) is 85.9 Å². The van der Waals surface area contributed by atoms with Gasteiger partial charge in [0.1, 0.15) is 11.5 Å². The number of furan rings is 1. The predicted octanol–water partition coefficient (Wildman–Crippen LogP) is 7.14. The molecule has 0 atom stereocenters. The number of hydrogen-bond donors (Lipinski definition) is 0. The van der Waals surface area contributed by atoms with E-state index in [0.29, 0.717) is 37.1 Å². The number of hydrogen-bond acceptors (Lipinski definition) is 4. The van der Waals surface area contributed by atoms with Crippen LogP contribution in [-0.2, 0) is 11.3 Å². The molecule has 2 aromatic carbocycles. The lowest BCUT2D eigenvalue weighted by molar-refractivity contribution is -0.123. The molecule has 0 N–H and O–H groups in total. The van der Waals surface area contributed by atoms with Crippen LogP contribution in [0.15, 0.2) is 63.9 Å². The number of thioether (sulfide) groups is 1.